The van der Waals surface area contributed by atoms with Crippen molar-refractivity contribution >= 4 is 17.3 Å². The second kappa shape index (κ2) is 7.88. The number of nitrogens with one attached hydrogen (secondary N) is 1. The summed E-state index contributed by atoms with van der Waals surface area (Å²) in [7, 11) is 3.34. The number of halogens is 1. The summed E-state index contributed by atoms with van der Waals surface area (Å²) in [6, 6.07) is 7.92. The normalized spacial score (nSPS) is 10.4. The van der Waals surface area contributed by atoms with E-state index in [-0.39, 0.29) is 17.2 Å². The molecule has 0 saturated heterocycles. The Morgan fingerprint density at radius 3 is 2.64 bits per heavy atom. The number of methoxy groups -OCH3 is 1. The van der Waals surface area contributed by atoms with Crippen molar-refractivity contribution in [1.82, 2.24) is 5.32 Å². The molecule has 6 heteroatoms. The Morgan fingerprint density at radius 2 is 2.04 bits per heavy atom. The minimum Gasteiger partial charge on any atom is -0.494 e. The van der Waals surface area contributed by atoms with Gasteiger partial charge in [0.1, 0.15) is 0 Å². The van der Waals surface area contributed by atoms with Crippen LogP contribution in [0.4, 0.5) is 15.8 Å². The minimum atomic E-state index is -0.568. The smallest absolute Gasteiger partial charge is 0.251 e. The number of rotatable bonds is 6. The van der Waals surface area contributed by atoms with Gasteiger partial charge in [0.2, 0.25) is 0 Å². The van der Waals surface area contributed by atoms with Crippen LogP contribution in [0.25, 0.3) is 0 Å². The van der Waals surface area contributed by atoms with Gasteiger partial charge in [-0.05, 0) is 49.2 Å². The average molecular weight is 345 g/mol. The fourth-order valence-electron chi connectivity index (χ4n) is 2.67. The molecule has 0 fully saturated rings. The molecule has 0 spiro atoms. The standard InChI is InChI=1S/C19H24FN3O2/c1-5-23(3)18-14(12(2)6-8-16(18)21)11-22-19(24)13-7-9-17(25-4)15(20)10-13/h6-10H,5,11,21H2,1-4H3,(H,22,24). The highest BCUT2D eigenvalue weighted by Crippen LogP contribution is 2.30. The van der Waals surface area contributed by atoms with E-state index in [1.165, 1.54) is 25.3 Å². The molecule has 1 amide bonds. The van der Waals surface area contributed by atoms with E-state index in [1.807, 2.05) is 37.9 Å². The van der Waals surface area contributed by atoms with Crippen LogP contribution >= 0.6 is 0 Å². The van der Waals surface area contributed by atoms with Crippen LogP contribution in [0.15, 0.2) is 30.3 Å². The molecule has 0 bridgehead atoms. The first-order valence-corrected chi connectivity index (χ1v) is 8.09. The van der Waals surface area contributed by atoms with Crippen LogP contribution in [-0.4, -0.2) is 26.6 Å². The predicted octanol–water partition coefficient (Wildman–Crippen LogP) is 3.11. The molecule has 2 aromatic rings. The van der Waals surface area contributed by atoms with E-state index in [2.05, 4.69) is 5.32 Å². The van der Waals surface area contributed by atoms with Gasteiger partial charge in [-0.25, -0.2) is 4.39 Å². The highest BCUT2D eigenvalue weighted by atomic mass is 19.1. The van der Waals surface area contributed by atoms with Crippen LogP contribution in [0.5, 0.6) is 5.75 Å². The molecule has 0 atom stereocenters. The summed E-state index contributed by atoms with van der Waals surface area (Å²) in [5.74, 6) is -0.815. The maximum absolute atomic E-state index is 13.8. The lowest BCUT2D eigenvalue weighted by Crippen LogP contribution is -2.26. The third kappa shape index (κ3) is 4.02. The van der Waals surface area contributed by atoms with Gasteiger partial charge in [-0.2, -0.15) is 0 Å². The Balaban J connectivity index is 2.22. The van der Waals surface area contributed by atoms with Gasteiger partial charge in [-0.1, -0.05) is 6.07 Å². The van der Waals surface area contributed by atoms with E-state index >= 15 is 0 Å². The van der Waals surface area contributed by atoms with E-state index in [0.717, 1.165) is 23.4 Å². The Bertz CT molecular complexity index is 778. The summed E-state index contributed by atoms with van der Waals surface area (Å²) in [6.45, 7) is 5.10. The number of carbonyl (C=O) groups is 1. The summed E-state index contributed by atoms with van der Waals surface area (Å²) in [6.07, 6.45) is 0. The Labute approximate surface area is 147 Å². The van der Waals surface area contributed by atoms with Gasteiger partial charge in [0.05, 0.1) is 18.5 Å². The quantitative estimate of drug-likeness (QED) is 0.790. The van der Waals surface area contributed by atoms with Crippen molar-refractivity contribution in [2.24, 2.45) is 0 Å². The van der Waals surface area contributed by atoms with Crippen molar-refractivity contribution in [3.63, 3.8) is 0 Å². The summed E-state index contributed by atoms with van der Waals surface area (Å²) in [4.78, 5) is 14.4. The lowest BCUT2D eigenvalue weighted by Gasteiger charge is -2.24. The number of nitrogen functional groups attached to an aromatic ring is 1. The molecule has 2 rings (SSSR count). The molecule has 2 aromatic carbocycles. The average Bonchev–Trinajstić information content (AvgIpc) is 2.61. The number of anilines is 2. The maximum Gasteiger partial charge on any atom is 0.251 e. The number of amides is 1. The zero-order chi connectivity index (χ0) is 18.6. The topological polar surface area (TPSA) is 67.6 Å². The van der Waals surface area contributed by atoms with E-state index in [1.54, 1.807) is 0 Å². The molecule has 0 aromatic heterocycles. The van der Waals surface area contributed by atoms with E-state index in [9.17, 15) is 9.18 Å². The van der Waals surface area contributed by atoms with Crippen molar-refractivity contribution < 1.29 is 13.9 Å². The van der Waals surface area contributed by atoms with Crippen LogP contribution in [0.1, 0.15) is 28.4 Å². The maximum atomic E-state index is 13.8. The number of nitrogens with two attached hydrogens (primary N) is 1. The Kier molecular flexibility index (Phi) is 5.85. The third-order valence-electron chi connectivity index (χ3n) is 4.24. The van der Waals surface area contributed by atoms with Gasteiger partial charge in [-0.15, -0.1) is 0 Å². The lowest BCUT2D eigenvalue weighted by atomic mass is 10.0. The minimum absolute atomic E-state index is 0.107. The van der Waals surface area contributed by atoms with E-state index < -0.39 is 5.82 Å². The molecular weight excluding hydrogens is 321 g/mol. The van der Waals surface area contributed by atoms with Gasteiger partial charge in [0.15, 0.2) is 11.6 Å². The van der Waals surface area contributed by atoms with Crippen LogP contribution in [0.3, 0.4) is 0 Å². The van der Waals surface area contributed by atoms with Crippen molar-refractivity contribution in [3.05, 3.63) is 52.8 Å². The second-order valence-electron chi connectivity index (χ2n) is 5.85. The van der Waals surface area contributed by atoms with Gasteiger partial charge < -0.3 is 20.7 Å². The zero-order valence-corrected chi connectivity index (χ0v) is 15.0. The molecular formula is C19H24FN3O2. The Hall–Kier alpha value is -2.76. The molecule has 0 aliphatic rings. The molecule has 0 radical (unpaired) electrons. The molecule has 3 N–H and O–H groups in total. The number of hydrogen-bond donors (Lipinski definition) is 2. The van der Waals surface area contributed by atoms with Crippen molar-refractivity contribution in [2.45, 2.75) is 20.4 Å². The summed E-state index contributed by atoms with van der Waals surface area (Å²) in [5, 5.41) is 2.84. The predicted molar refractivity (Wildman–Crippen MR) is 98.7 cm³/mol. The van der Waals surface area contributed by atoms with Gasteiger partial charge in [-0.3, -0.25) is 4.79 Å². The SMILES string of the molecule is CCN(C)c1c(N)ccc(C)c1CNC(=O)c1ccc(OC)c(F)c1. The number of nitrogens with zero attached hydrogens (tertiary/aromatic N) is 1. The van der Waals surface area contributed by atoms with Crippen LogP contribution in [-0.2, 0) is 6.54 Å². The Morgan fingerprint density at radius 1 is 1.32 bits per heavy atom. The molecule has 134 valence electrons. The van der Waals surface area contributed by atoms with Crippen molar-refractivity contribution in [2.75, 3.05) is 31.3 Å². The molecule has 0 heterocycles. The van der Waals surface area contributed by atoms with Crippen LogP contribution < -0.4 is 20.7 Å². The molecule has 5 nitrogen and oxygen atoms in total. The highest BCUT2D eigenvalue weighted by molar-refractivity contribution is 5.94. The van der Waals surface area contributed by atoms with Crippen molar-refractivity contribution in [3.8, 4) is 5.75 Å². The molecule has 0 aliphatic carbocycles. The lowest BCUT2D eigenvalue weighted by molar-refractivity contribution is 0.0950. The van der Waals surface area contributed by atoms with E-state index in [4.69, 9.17) is 10.5 Å². The van der Waals surface area contributed by atoms with Crippen LogP contribution in [0, 0.1) is 12.7 Å². The fourth-order valence-corrected chi connectivity index (χ4v) is 2.67. The van der Waals surface area contributed by atoms with E-state index in [0.29, 0.717) is 12.2 Å². The van der Waals surface area contributed by atoms with Gasteiger partial charge >= 0.3 is 0 Å². The number of hydrogen-bond acceptors (Lipinski definition) is 4. The van der Waals surface area contributed by atoms with Gasteiger partial charge in [0.25, 0.3) is 5.91 Å². The summed E-state index contributed by atoms with van der Waals surface area (Å²) >= 11 is 0. The second-order valence-corrected chi connectivity index (χ2v) is 5.85. The summed E-state index contributed by atoms with van der Waals surface area (Å²) in [5.41, 5.74) is 9.91. The number of aryl methyl sites for hydroxylation is 1. The van der Waals surface area contributed by atoms with Crippen molar-refractivity contribution in [1.29, 1.82) is 0 Å². The first-order chi connectivity index (χ1) is 11.9. The largest absolute Gasteiger partial charge is 0.494 e. The fraction of sp³-hybridized carbons (Fsp3) is 0.316. The first kappa shape index (κ1) is 18.6. The highest BCUT2D eigenvalue weighted by Gasteiger charge is 2.15. The molecule has 0 unspecified atom stereocenters. The van der Waals surface area contributed by atoms with Gasteiger partial charge in [0, 0.05) is 25.7 Å². The van der Waals surface area contributed by atoms with Crippen LogP contribution in [0.2, 0.25) is 0 Å². The number of carbonyl (C=O) groups excluding carboxylic acids is 1. The number of benzene rings is 2. The molecule has 25 heavy (non-hydrogen) atoms. The molecule has 0 saturated carbocycles. The molecule has 0 aliphatic heterocycles. The first-order valence-electron chi connectivity index (χ1n) is 8.09. The third-order valence-corrected chi connectivity index (χ3v) is 4.24. The summed E-state index contributed by atoms with van der Waals surface area (Å²) < 4.78 is 18.6. The monoisotopic (exact) mass is 345 g/mol. The number of ether oxygens (including phenoxy) is 1. The zero-order valence-electron chi connectivity index (χ0n) is 15.0.